The zero-order chi connectivity index (χ0) is 21.1. The quantitative estimate of drug-likeness (QED) is 0.494. The fourth-order valence-electron chi connectivity index (χ4n) is 2.99. The van der Waals surface area contributed by atoms with E-state index in [4.69, 9.17) is 24.3 Å². The minimum atomic E-state index is -0.260. The zero-order valence-corrected chi connectivity index (χ0v) is 17.5. The fraction of sp³-hybridized carbons (Fsp3) is 0.600. The number of nitrogens with one attached hydrogen (secondary N) is 1. The number of aliphatic hydroxyl groups excluding tert-OH is 1. The molecular weight excluding hydrogens is 376 g/mol. The molecule has 2 N–H and O–H groups in total. The van der Waals surface area contributed by atoms with Crippen molar-refractivity contribution in [2.24, 2.45) is 4.99 Å². The second-order valence-corrected chi connectivity index (χ2v) is 6.40. The van der Waals surface area contributed by atoms with Crippen LogP contribution in [0.3, 0.4) is 0 Å². The van der Waals surface area contributed by atoms with Gasteiger partial charge in [0.1, 0.15) is 6.61 Å². The van der Waals surface area contributed by atoms with Gasteiger partial charge in [0.2, 0.25) is 0 Å². The predicted octanol–water partition coefficient (Wildman–Crippen LogP) is 1.31. The molecule has 0 radical (unpaired) electrons. The summed E-state index contributed by atoms with van der Waals surface area (Å²) in [5.41, 5.74) is 0.985. The molecule has 9 nitrogen and oxygen atoms in total. The fourth-order valence-corrected chi connectivity index (χ4v) is 2.99. The molecule has 2 rings (SSSR count). The summed E-state index contributed by atoms with van der Waals surface area (Å²) in [7, 11) is 1.58. The van der Waals surface area contributed by atoms with E-state index in [-0.39, 0.29) is 19.3 Å². The summed E-state index contributed by atoms with van der Waals surface area (Å²) >= 11 is 0. The number of aliphatic imine (C=N–C) groups is 1. The first-order valence-corrected chi connectivity index (χ1v) is 9.98. The van der Waals surface area contributed by atoms with Crippen LogP contribution in [-0.2, 0) is 11.3 Å². The number of methoxy groups -OCH3 is 1. The summed E-state index contributed by atoms with van der Waals surface area (Å²) in [5.74, 6) is 2.02. The highest BCUT2D eigenvalue weighted by molar-refractivity contribution is 5.80. The van der Waals surface area contributed by atoms with E-state index >= 15 is 0 Å². The summed E-state index contributed by atoms with van der Waals surface area (Å²) in [6.07, 6.45) is -0.260. The maximum atomic E-state index is 11.9. The molecule has 1 fully saturated rings. The molecule has 1 aliphatic heterocycles. The Kier molecular flexibility index (Phi) is 9.36. The zero-order valence-electron chi connectivity index (χ0n) is 17.5. The van der Waals surface area contributed by atoms with Crippen molar-refractivity contribution in [3.05, 3.63) is 23.8 Å². The topological polar surface area (TPSA) is 95.9 Å². The Morgan fingerprint density at radius 1 is 1.17 bits per heavy atom. The van der Waals surface area contributed by atoms with Crippen LogP contribution >= 0.6 is 0 Å². The number of carbonyl (C=O) groups is 1. The molecule has 0 atom stereocenters. The van der Waals surface area contributed by atoms with Crippen molar-refractivity contribution in [3.63, 3.8) is 0 Å². The van der Waals surface area contributed by atoms with Crippen LogP contribution in [0.1, 0.15) is 19.4 Å². The molecule has 1 amide bonds. The van der Waals surface area contributed by atoms with E-state index in [0.29, 0.717) is 50.8 Å². The van der Waals surface area contributed by atoms with Gasteiger partial charge in [-0.05, 0) is 31.5 Å². The molecule has 1 heterocycles. The molecule has 29 heavy (non-hydrogen) atoms. The van der Waals surface area contributed by atoms with Gasteiger partial charge in [-0.1, -0.05) is 6.07 Å². The van der Waals surface area contributed by atoms with Crippen molar-refractivity contribution in [2.75, 3.05) is 59.7 Å². The summed E-state index contributed by atoms with van der Waals surface area (Å²) in [4.78, 5) is 20.5. The van der Waals surface area contributed by atoms with E-state index < -0.39 is 0 Å². The third kappa shape index (κ3) is 6.70. The molecule has 162 valence electrons. The van der Waals surface area contributed by atoms with Crippen LogP contribution in [-0.4, -0.2) is 86.6 Å². The second kappa shape index (κ2) is 12.0. The van der Waals surface area contributed by atoms with Crippen LogP contribution in [0.15, 0.2) is 23.2 Å². The smallest absolute Gasteiger partial charge is 0.409 e. The summed E-state index contributed by atoms with van der Waals surface area (Å²) < 4.78 is 15.9. The summed E-state index contributed by atoms with van der Waals surface area (Å²) in [5, 5.41) is 12.2. The van der Waals surface area contributed by atoms with E-state index in [2.05, 4.69) is 10.2 Å². The molecule has 1 aromatic rings. The molecule has 0 aromatic heterocycles. The van der Waals surface area contributed by atoms with E-state index in [1.54, 1.807) is 12.0 Å². The highest BCUT2D eigenvalue weighted by Gasteiger charge is 2.23. The Balaban J connectivity index is 2.01. The van der Waals surface area contributed by atoms with Gasteiger partial charge in [0, 0.05) is 32.7 Å². The summed E-state index contributed by atoms with van der Waals surface area (Å²) in [6, 6.07) is 5.64. The number of ether oxygens (including phenoxy) is 3. The Morgan fingerprint density at radius 3 is 2.52 bits per heavy atom. The first kappa shape index (κ1) is 22.6. The number of aliphatic hydroxyl groups is 1. The number of piperazine rings is 1. The van der Waals surface area contributed by atoms with Gasteiger partial charge in [-0.25, -0.2) is 9.79 Å². The van der Waals surface area contributed by atoms with Crippen molar-refractivity contribution in [2.45, 2.75) is 20.4 Å². The van der Waals surface area contributed by atoms with Gasteiger partial charge in [0.05, 0.1) is 26.9 Å². The molecule has 0 spiro atoms. The van der Waals surface area contributed by atoms with E-state index in [1.807, 2.05) is 32.0 Å². The number of carbonyl (C=O) groups excluding carboxylic acids is 1. The lowest BCUT2D eigenvalue weighted by Crippen LogP contribution is -2.53. The van der Waals surface area contributed by atoms with Crippen LogP contribution in [0.25, 0.3) is 0 Å². The number of hydrogen-bond acceptors (Lipinski definition) is 6. The van der Waals surface area contributed by atoms with Gasteiger partial charge in [-0.3, -0.25) is 0 Å². The minimum absolute atomic E-state index is 0.0509. The average molecular weight is 408 g/mol. The largest absolute Gasteiger partial charge is 0.493 e. The maximum absolute atomic E-state index is 11.9. The summed E-state index contributed by atoms with van der Waals surface area (Å²) in [6.45, 7) is 8.24. The second-order valence-electron chi connectivity index (χ2n) is 6.40. The lowest BCUT2D eigenvalue weighted by atomic mass is 10.2. The van der Waals surface area contributed by atoms with Crippen molar-refractivity contribution in [1.29, 1.82) is 0 Å². The van der Waals surface area contributed by atoms with Crippen LogP contribution in [0.5, 0.6) is 11.5 Å². The van der Waals surface area contributed by atoms with Gasteiger partial charge < -0.3 is 34.4 Å². The van der Waals surface area contributed by atoms with Crippen LogP contribution in [0, 0.1) is 0 Å². The molecule has 0 aliphatic carbocycles. The average Bonchev–Trinajstić information content (AvgIpc) is 2.75. The van der Waals surface area contributed by atoms with Crippen LogP contribution < -0.4 is 14.8 Å². The molecule has 1 saturated heterocycles. The predicted molar refractivity (Wildman–Crippen MR) is 111 cm³/mol. The van der Waals surface area contributed by atoms with Gasteiger partial charge in [0.15, 0.2) is 17.5 Å². The van der Waals surface area contributed by atoms with E-state index in [0.717, 1.165) is 18.1 Å². The molecular formula is C20H32N4O5. The Labute approximate surface area is 172 Å². The lowest BCUT2D eigenvalue weighted by Gasteiger charge is -2.35. The minimum Gasteiger partial charge on any atom is -0.493 e. The normalized spacial score (nSPS) is 14.6. The third-order valence-corrected chi connectivity index (χ3v) is 4.43. The molecule has 0 saturated carbocycles. The highest BCUT2D eigenvalue weighted by Crippen LogP contribution is 2.28. The van der Waals surface area contributed by atoms with E-state index in [1.165, 1.54) is 0 Å². The SMILES string of the molecule is CCNC(=NCc1ccc(OCCO)c(OC)c1)N1CCN(C(=O)OCC)CC1. The Bertz CT molecular complexity index is 675. The standard InChI is InChI=1S/C20H32N4O5/c1-4-21-19(23-8-10-24(11-9-23)20(26)28-5-2)22-15-16-6-7-17(29-13-12-25)18(14-16)27-3/h6-7,14,25H,4-5,8-13,15H2,1-3H3,(H,21,22). The van der Waals surface area contributed by atoms with Crippen molar-refractivity contribution in [1.82, 2.24) is 15.1 Å². The molecule has 9 heteroatoms. The number of hydrogen-bond donors (Lipinski definition) is 2. The first-order valence-electron chi connectivity index (χ1n) is 9.98. The lowest BCUT2D eigenvalue weighted by molar-refractivity contribution is 0.0914. The molecule has 0 bridgehead atoms. The molecule has 1 aliphatic rings. The maximum Gasteiger partial charge on any atom is 0.409 e. The van der Waals surface area contributed by atoms with Crippen molar-refractivity contribution in [3.8, 4) is 11.5 Å². The van der Waals surface area contributed by atoms with Crippen molar-refractivity contribution >= 4 is 12.1 Å². The number of guanidine groups is 1. The monoisotopic (exact) mass is 408 g/mol. The number of rotatable bonds is 8. The Hall–Kier alpha value is -2.68. The van der Waals surface area contributed by atoms with Crippen LogP contribution in [0.2, 0.25) is 0 Å². The van der Waals surface area contributed by atoms with Crippen LogP contribution in [0.4, 0.5) is 4.79 Å². The first-order chi connectivity index (χ1) is 14.1. The highest BCUT2D eigenvalue weighted by atomic mass is 16.6. The Morgan fingerprint density at radius 2 is 1.90 bits per heavy atom. The molecule has 0 unspecified atom stereocenters. The van der Waals surface area contributed by atoms with E-state index in [9.17, 15) is 4.79 Å². The van der Waals surface area contributed by atoms with Gasteiger partial charge in [-0.15, -0.1) is 0 Å². The van der Waals surface area contributed by atoms with Gasteiger partial charge in [0.25, 0.3) is 0 Å². The number of benzene rings is 1. The molecule has 1 aromatic carbocycles. The van der Waals surface area contributed by atoms with Gasteiger partial charge in [-0.2, -0.15) is 0 Å². The van der Waals surface area contributed by atoms with Gasteiger partial charge >= 0.3 is 6.09 Å². The third-order valence-electron chi connectivity index (χ3n) is 4.43. The van der Waals surface area contributed by atoms with Crippen molar-refractivity contribution < 1.29 is 24.1 Å². The number of nitrogens with zero attached hydrogens (tertiary/aromatic N) is 3. The number of amides is 1.